The highest BCUT2D eigenvalue weighted by Gasteiger charge is 2.32. The van der Waals surface area contributed by atoms with Gasteiger partial charge in [-0.1, -0.05) is 18.2 Å². The highest BCUT2D eigenvalue weighted by Crippen LogP contribution is 2.25. The van der Waals surface area contributed by atoms with E-state index in [0.29, 0.717) is 11.1 Å². The molecule has 0 bridgehead atoms. The Morgan fingerprint density at radius 2 is 1.94 bits per heavy atom. The molecule has 0 radical (unpaired) electrons. The lowest BCUT2D eigenvalue weighted by molar-refractivity contribution is -0.320. The second-order valence-electron chi connectivity index (χ2n) is 4.00. The average Bonchev–Trinajstić information content (AvgIpc) is 2.64. The summed E-state index contributed by atoms with van der Waals surface area (Å²) in [5, 5.41) is 21.4. The number of rotatable bonds is 4. The maximum atomic E-state index is 11.9. The van der Waals surface area contributed by atoms with Crippen LogP contribution in [-0.2, 0) is 16.1 Å². The second kappa shape index (κ2) is 4.48. The fourth-order valence-corrected chi connectivity index (χ4v) is 2.01. The summed E-state index contributed by atoms with van der Waals surface area (Å²) in [5.74, 6) is -3.63. The van der Waals surface area contributed by atoms with Gasteiger partial charge in [-0.2, -0.15) is 0 Å². The van der Waals surface area contributed by atoms with Crippen molar-refractivity contribution in [1.29, 1.82) is 0 Å². The molecule has 6 nitrogen and oxygen atoms in total. The van der Waals surface area contributed by atoms with Gasteiger partial charge in [-0.25, -0.2) is 0 Å². The smallest absolute Gasteiger partial charge is 0.255 e. The van der Waals surface area contributed by atoms with Crippen molar-refractivity contribution in [2.75, 3.05) is 0 Å². The summed E-state index contributed by atoms with van der Waals surface area (Å²) in [4.78, 5) is 34.4. The number of fused-ring (bicyclic) bond motifs is 1. The molecule has 2 rings (SSSR count). The summed E-state index contributed by atoms with van der Waals surface area (Å²) >= 11 is 0. The fraction of sp³-hybridized carbons (Fsp3) is 0.250. The first-order valence-corrected chi connectivity index (χ1v) is 5.30. The topological polar surface area (TPSA) is 101 Å². The minimum absolute atomic E-state index is 0.0704. The molecule has 0 unspecified atom stereocenters. The Kier molecular flexibility index (Phi) is 3.01. The van der Waals surface area contributed by atoms with Crippen molar-refractivity contribution >= 4 is 17.8 Å². The summed E-state index contributed by atoms with van der Waals surface area (Å²) in [5.41, 5.74) is 1.06. The van der Waals surface area contributed by atoms with E-state index in [9.17, 15) is 24.6 Å². The normalized spacial score (nSPS) is 15.3. The number of carboxylic acid groups (broad SMARTS) is 2. The number of aliphatic carboxylic acids is 2. The number of carbonyl (C=O) groups is 3. The largest absolute Gasteiger partial charge is 0.550 e. The lowest BCUT2D eigenvalue weighted by Crippen LogP contribution is -2.50. The SMILES string of the molecule is O=C([O-])C[C@@H](C(=O)[O-])N1Cc2ccccc2C1=O. The highest BCUT2D eigenvalue weighted by atomic mass is 16.4. The molecule has 1 amide bonds. The van der Waals surface area contributed by atoms with Gasteiger partial charge < -0.3 is 24.7 Å². The van der Waals surface area contributed by atoms with Crippen molar-refractivity contribution in [1.82, 2.24) is 4.90 Å². The number of hydrogen-bond acceptors (Lipinski definition) is 5. The molecule has 1 aromatic rings. The van der Waals surface area contributed by atoms with Crippen LogP contribution in [0.25, 0.3) is 0 Å². The zero-order valence-corrected chi connectivity index (χ0v) is 9.29. The van der Waals surface area contributed by atoms with E-state index in [-0.39, 0.29) is 6.54 Å². The standard InChI is InChI=1S/C12H11NO5/c14-10(15)5-9(12(17)18)13-6-7-3-1-2-4-8(7)11(13)16/h1-4,9H,5-6H2,(H,14,15)(H,17,18)/p-2/t9-/m0/s1. The van der Waals surface area contributed by atoms with Gasteiger partial charge in [0.05, 0.1) is 12.0 Å². The minimum atomic E-state index is -1.60. The Bertz CT molecular complexity index is 525. The van der Waals surface area contributed by atoms with Crippen LogP contribution in [0.4, 0.5) is 0 Å². The number of carbonyl (C=O) groups excluding carboxylic acids is 3. The zero-order valence-electron chi connectivity index (χ0n) is 9.29. The van der Waals surface area contributed by atoms with Gasteiger partial charge in [-0.3, -0.25) is 4.79 Å². The van der Waals surface area contributed by atoms with E-state index >= 15 is 0 Å². The third-order valence-electron chi connectivity index (χ3n) is 2.86. The van der Waals surface area contributed by atoms with Crippen LogP contribution in [0.15, 0.2) is 24.3 Å². The Hall–Kier alpha value is -2.37. The maximum Gasteiger partial charge on any atom is 0.255 e. The van der Waals surface area contributed by atoms with Crippen LogP contribution in [-0.4, -0.2) is 28.8 Å². The Balaban J connectivity index is 2.28. The van der Waals surface area contributed by atoms with Gasteiger partial charge in [0.25, 0.3) is 5.91 Å². The molecule has 6 heteroatoms. The number of amides is 1. The summed E-state index contributed by atoms with van der Waals surface area (Å²) in [6.07, 6.45) is -0.776. The molecule has 0 aromatic heterocycles. The van der Waals surface area contributed by atoms with Crippen LogP contribution >= 0.6 is 0 Å². The average molecular weight is 247 g/mol. The van der Waals surface area contributed by atoms with Gasteiger partial charge >= 0.3 is 0 Å². The van der Waals surface area contributed by atoms with Gasteiger partial charge in [-0.05, 0) is 11.6 Å². The molecule has 0 spiro atoms. The van der Waals surface area contributed by atoms with E-state index in [1.807, 2.05) is 0 Å². The molecule has 1 aliphatic rings. The molecule has 94 valence electrons. The quantitative estimate of drug-likeness (QED) is 0.606. The highest BCUT2D eigenvalue weighted by molar-refractivity contribution is 6.00. The van der Waals surface area contributed by atoms with Crippen LogP contribution in [0.5, 0.6) is 0 Å². The van der Waals surface area contributed by atoms with E-state index < -0.39 is 30.3 Å². The van der Waals surface area contributed by atoms with Gasteiger partial charge in [0.2, 0.25) is 0 Å². The predicted octanol–water partition coefficient (Wildman–Crippen LogP) is -2.10. The van der Waals surface area contributed by atoms with E-state index in [4.69, 9.17) is 0 Å². The Labute approximate surface area is 102 Å². The molecule has 0 N–H and O–H groups in total. The lowest BCUT2D eigenvalue weighted by Gasteiger charge is -2.28. The minimum Gasteiger partial charge on any atom is -0.550 e. The Morgan fingerprint density at radius 3 is 2.50 bits per heavy atom. The number of benzene rings is 1. The molecule has 1 aromatic carbocycles. The maximum absolute atomic E-state index is 11.9. The first kappa shape index (κ1) is 12.1. The van der Waals surface area contributed by atoms with E-state index in [2.05, 4.69) is 0 Å². The molecular formula is C12H9NO5-2. The summed E-state index contributed by atoms with van der Waals surface area (Å²) in [6, 6.07) is 5.15. The molecule has 0 aliphatic carbocycles. The summed E-state index contributed by atoms with van der Waals surface area (Å²) < 4.78 is 0. The molecule has 1 heterocycles. The number of nitrogens with zero attached hydrogens (tertiary/aromatic N) is 1. The van der Waals surface area contributed by atoms with Crippen LogP contribution in [0, 0.1) is 0 Å². The molecule has 18 heavy (non-hydrogen) atoms. The lowest BCUT2D eigenvalue weighted by atomic mass is 10.1. The fourth-order valence-electron chi connectivity index (χ4n) is 2.01. The van der Waals surface area contributed by atoms with Gasteiger partial charge in [0, 0.05) is 24.5 Å². The number of carboxylic acids is 2. The zero-order chi connectivity index (χ0) is 13.3. The van der Waals surface area contributed by atoms with Crippen LogP contribution in [0.2, 0.25) is 0 Å². The van der Waals surface area contributed by atoms with Crippen LogP contribution in [0.1, 0.15) is 22.3 Å². The molecule has 0 saturated heterocycles. The summed E-state index contributed by atoms with van der Waals surface area (Å²) in [7, 11) is 0. The van der Waals surface area contributed by atoms with Crippen molar-refractivity contribution in [3.63, 3.8) is 0 Å². The van der Waals surface area contributed by atoms with Crippen LogP contribution < -0.4 is 10.2 Å². The van der Waals surface area contributed by atoms with Gasteiger partial charge in [-0.15, -0.1) is 0 Å². The van der Waals surface area contributed by atoms with E-state index in [1.165, 1.54) is 0 Å². The molecule has 0 fully saturated rings. The second-order valence-corrected chi connectivity index (χ2v) is 4.00. The molecule has 0 saturated carbocycles. The molecule has 1 aliphatic heterocycles. The van der Waals surface area contributed by atoms with Crippen molar-refractivity contribution in [3.8, 4) is 0 Å². The third kappa shape index (κ3) is 2.04. The van der Waals surface area contributed by atoms with E-state index in [0.717, 1.165) is 4.90 Å². The predicted molar refractivity (Wildman–Crippen MR) is 54.7 cm³/mol. The third-order valence-corrected chi connectivity index (χ3v) is 2.86. The van der Waals surface area contributed by atoms with Gasteiger partial charge in [0.1, 0.15) is 0 Å². The first-order chi connectivity index (χ1) is 8.50. The molecule has 1 atom stereocenters. The van der Waals surface area contributed by atoms with Crippen molar-refractivity contribution in [2.24, 2.45) is 0 Å². The molecular weight excluding hydrogens is 238 g/mol. The van der Waals surface area contributed by atoms with E-state index in [1.54, 1.807) is 24.3 Å². The number of hydrogen-bond donors (Lipinski definition) is 0. The van der Waals surface area contributed by atoms with Crippen molar-refractivity contribution in [3.05, 3.63) is 35.4 Å². The van der Waals surface area contributed by atoms with Crippen LogP contribution in [0.3, 0.4) is 0 Å². The Morgan fingerprint density at radius 1 is 1.28 bits per heavy atom. The monoisotopic (exact) mass is 247 g/mol. The van der Waals surface area contributed by atoms with Crippen molar-refractivity contribution < 1.29 is 24.6 Å². The first-order valence-electron chi connectivity index (χ1n) is 5.30. The van der Waals surface area contributed by atoms with Crippen molar-refractivity contribution in [2.45, 2.75) is 19.0 Å². The van der Waals surface area contributed by atoms with Gasteiger partial charge in [0.15, 0.2) is 0 Å². The summed E-state index contributed by atoms with van der Waals surface area (Å²) in [6.45, 7) is 0.0704.